The molecule has 1 heterocycles. The largest absolute Gasteiger partial charge is 0.378 e. The zero-order valence-electron chi connectivity index (χ0n) is 21.8. The van der Waals surface area contributed by atoms with Crippen molar-refractivity contribution >= 4 is 6.03 Å². The quantitative estimate of drug-likeness (QED) is 0.422. The summed E-state index contributed by atoms with van der Waals surface area (Å²) in [6.07, 6.45) is 5.18. The monoisotopic (exact) mass is 497 g/mol. The molecular weight excluding hydrogens is 458 g/mol. The molecule has 5 heteroatoms. The van der Waals surface area contributed by atoms with Crippen LogP contribution in [0.1, 0.15) is 61.3 Å². The van der Waals surface area contributed by atoms with Crippen LogP contribution in [0.15, 0.2) is 84.9 Å². The summed E-state index contributed by atoms with van der Waals surface area (Å²) < 4.78 is 0. The van der Waals surface area contributed by atoms with Crippen LogP contribution in [-0.4, -0.2) is 39.6 Å². The van der Waals surface area contributed by atoms with Crippen LogP contribution in [-0.2, 0) is 18.7 Å². The van der Waals surface area contributed by atoms with Crippen molar-refractivity contribution in [3.05, 3.63) is 107 Å². The van der Waals surface area contributed by atoms with Gasteiger partial charge in [0.15, 0.2) is 0 Å². The highest BCUT2D eigenvalue weighted by molar-refractivity contribution is 5.73. The predicted molar refractivity (Wildman–Crippen MR) is 148 cm³/mol. The van der Waals surface area contributed by atoms with Gasteiger partial charge in [0.25, 0.3) is 0 Å². The molecule has 0 aromatic heterocycles. The molecule has 37 heavy (non-hydrogen) atoms. The normalized spacial score (nSPS) is 20.8. The van der Waals surface area contributed by atoms with Crippen LogP contribution in [0.5, 0.6) is 0 Å². The van der Waals surface area contributed by atoms with E-state index in [1.165, 1.54) is 17.5 Å². The molecule has 1 fully saturated rings. The highest BCUT2D eigenvalue weighted by Crippen LogP contribution is 2.39. The van der Waals surface area contributed by atoms with Crippen molar-refractivity contribution in [3.8, 4) is 0 Å². The molecule has 1 aliphatic carbocycles. The number of benzene rings is 3. The lowest BCUT2D eigenvalue weighted by Gasteiger charge is -2.46. The van der Waals surface area contributed by atoms with Crippen molar-refractivity contribution in [1.29, 1.82) is 0 Å². The number of hydrogen-bond donors (Lipinski definition) is 2. The van der Waals surface area contributed by atoms with E-state index in [4.69, 9.17) is 5.73 Å². The molecule has 3 aromatic rings. The number of nitrogens with two attached hydrogens (primary N) is 1. The van der Waals surface area contributed by atoms with Gasteiger partial charge < -0.3 is 15.7 Å². The number of amides is 2. The third-order valence-corrected chi connectivity index (χ3v) is 8.67. The first-order chi connectivity index (χ1) is 18.0. The van der Waals surface area contributed by atoms with Gasteiger partial charge in [0, 0.05) is 19.1 Å². The van der Waals surface area contributed by atoms with Crippen LogP contribution >= 0.6 is 0 Å². The molecule has 5 nitrogen and oxygen atoms in total. The Morgan fingerprint density at radius 3 is 1.86 bits per heavy atom. The van der Waals surface area contributed by atoms with Crippen LogP contribution < -0.4 is 5.73 Å². The third-order valence-electron chi connectivity index (χ3n) is 8.67. The fourth-order valence-corrected chi connectivity index (χ4v) is 6.56. The lowest BCUT2D eigenvalue weighted by atomic mass is 9.78. The molecule has 1 atom stereocenters. The summed E-state index contributed by atoms with van der Waals surface area (Å²) >= 11 is 0. The maximum absolute atomic E-state index is 12.9. The van der Waals surface area contributed by atoms with Crippen molar-refractivity contribution in [1.82, 2.24) is 9.80 Å². The Morgan fingerprint density at radius 2 is 1.38 bits per heavy atom. The molecule has 3 N–H and O–H groups in total. The second-order valence-corrected chi connectivity index (χ2v) is 10.9. The van der Waals surface area contributed by atoms with Crippen molar-refractivity contribution in [3.63, 3.8) is 0 Å². The van der Waals surface area contributed by atoms with Gasteiger partial charge >= 0.3 is 6.03 Å². The average Bonchev–Trinajstić information content (AvgIpc) is 3.36. The van der Waals surface area contributed by atoms with Gasteiger partial charge in [0.05, 0.1) is 6.04 Å². The average molecular weight is 498 g/mol. The van der Waals surface area contributed by atoms with E-state index in [0.717, 1.165) is 56.4 Å². The molecule has 0 bridgehead atoms. The van der Waals surface area contributed by atoms with E-state index in [1.54, 1.807) is 4.90 Å². The highest BCUT2D eigenvalue weighted by Gasteiger charge is 2.44. The first-order valence-electron chi connectivity index (χ1n) is 13.7. The third kappa shape index (κ3) is 5.29. The van der Waals surface area contributed by atoms with Crippen LogP contribution in [0.3, 0.4) is 0 Å². The Morgan fingerprint density at radius 1 is 0.892 bits per heavy atom. The second-order valence-electron chi connectivity index (χ2n) is 10.9. The lowest BCUT2D eigenvalue weighted by molar-refractivity contribution is -0.0174. The Hall–Kier alpha value is -3.15. The Labute approximate surface area is 220 Å². The van der Waals surface area contributed by atoms with Gasteiger partial charge in [-0.1, -0.05) is 84.9 Å². The van der Waals surface area contributed by atoms with Gasteiger partial charge in [-0.05, 0) is 73.7 Å². The van der Waals surface area contributed by atoms with Crippen LogP contribution in [0.4, 0.5) is 4.79 Å². The van der Waals surface area contributed by atoms with E-state index in [-0.39, 0.29) is 6.04 Å². The number of nitrogens with zero attached hydrogens (tertiary/aromatic N) is 2. The van der Waals surface area contributed by atoms with Gasteiger partial charge in [-0.2, -0.15) is 0 Å². The smallest absolute Gasteiger partial charge is 0.315 e. The summed E-state index contributed by atoms with van der Waals surface area (Å²) in [6.45, 7) is 5.15. The van der Waals surface area contributed by atoms with Crippen molar-refractivity contribution in [2.75, 3.05) is 6.54 Å². The molecule has 2 amide bonds. The number of carbonyl (C=O) groups is 1. The van der Waals surface area contributed by atoms with Gasteiger partial charge in [-0.15, -0.1) is 0 Å². The standard InChI is InChI=1S/C32H39N3O2/c1-24(32(37,28-12-4-2-5-13-28)29-14-6-3-7-15-29)35(31(33)36)30-18-16-25(17-19-30)20-21-34-22-26-10-8-9-11-27(26)23-34/h2-15,24-25,30,37H,16-23H2,1H3,(H2,33,36)/t24-,25-,30-/m1/s1. The Kier molecular flexibility index (Phi) is 7.63. The number of rotatable bonds is 8. The van der Waals surface area contributed by atoms with Gasteiger partial charge in [-0.25, -0.2) is 4.79 Å². The van der Waals surface area contributed by atoms with Gasteiger partial charge in [-0.3, -0.25) is 4.90 Å². The summed E-state index contributed by atoms with van der Waals surface area (Å²) in [7, 11) is 0. The Bertz CT molecular complexity index is 1110. The molecule has 0 radical (unpaired) electrons. The fourth-order valence-electron chi connectivity index (χ4n) is 6.56. The molecule has 194 valence electrons. The highest BCUT2D eigenvalue weighted by atomic mass is 16.3. The van der Waals surface area contributed by atoms with Gasteiger partial charge in [0.1, 0.15) is 5.60 Å². The minimum Gasteiger partial charge on any atom is -0.378 e. The molecule has 3 aromatic carbocycles. The predicted octanol–water partition coefficient (Wildman–Crippen LogP) is 5.66. The number of carbonyl (C=O) groups excluding carboxylic acids is 1. The van der Waals surface area contributed by atoms with Crippen molar-refractivity contribution in [2.24, 2.45) is 11.7 Å². The summed E-state index contributed by atoms with van der Waals surface area (Å²) in [5.74, 6) is 0.659. The second kappa shape index (κ2) is 11.1. The zero-order valence-corrected chi connectivity index (χ0v) is 21.8. The van der Waals surface area contributed by atoms with Crippen LogP contribution in [0, 0.1) is 5.92 Å². The van der Waals surface area contributed by atoms with Crippen LogP contribution in [0.25, 0.3) is 0 Å². The number of aliphatic hydroxyl groups is 1. The van der Waals surface area contributed by atoms with E-state index >= 15 is 0 Å². The topological polar surface area (TPSA) is 69.8 Å². The molecular formula is C32H39N3O2. The fraction of sp³-hybridized carbons (Fsp3) is 0.406. The molecule has 0 saturated heterocycles. The van der Waals surface area contributed by atoms with E-state index in [2.05, 4.69) is 29.2 Å². The molecule has 5 rings (SSSR count). The number of hydrogen-bond acceptors (Lipinski definition) is 3. The maximum atomic E-state index is 12.9. The van der Waals surface area contributed by atoms with E-state index in [9.17, 15) is 9.90 Å². The van der Waals surface area contributed by atoms with Crippen molar-refractivity contribution < 1.29 is 9.90 Å². The summed E-state index contributed by atoms with van der Waals surface area (Å²) in [6, 6.07) is 27.1. The summed E-state index contributed by atoms with van der Waals surface area (Å²) in [5.41, 5.74) is 9.09. The lowest BCUT2D eigenvalue weighted by Crippen LogP contribution is -2.58. The molecule has 2 aliphatic rings. The van der Waals surface area contributed by atoms with E-state index in [0.29, 0.717) is 5.92 Å². The minimum absolute atomic E-state index is 0.0266. The minimum atomic E-state index is -1.36. The molecule has 1 saturated carbocycles. The molecule has 0 unspecified atom stereocenters. The number of urea groups is 1. The number of fused-ring (bicyclic) bond motifs is 1. The SMILES string of the molecule is C[C@@H](N(C(N)=O)[C@H]1CC[C@H](CCN2Cc3ccccc3C2)CC1)C(O)(c1ccccc1)c1ccccc1. The zero-order chi connectivity index (χ0) is 25.8. The van der Waals surface area contributed by atoms with E-state index < -0.39 is 17.7 Å². The summed E-state index contributed by atoms with van der Waals surface area (Å²) in [5, 5.41) is 12.2. The van der Waals surface area contributed by atoms with E-state index in [1.807, 2.05) is 67.6 Å². The van der Waals surface area contributed by atoms with Crippen LogP contribution in [0.2, 0.25) is 0 Å². The number of primary amides is 1. The Balaban J connectivity index is 1.26. The molecule has 0 spiro atoms. The summed E-state index contributed by atoms with van der Waals surface area (Å²) in [4.78, 5) is 17.2. The maximum Gasteiger partial charge on any atom is 0.315 e. The first-order valence-corrected chi connectivity index (χ1v) is 13.7. The van der Waals surface area contributed by atoms with Gasteiger partial charge in [0.2, 0.25) is 0 Å². The molecule has 1 aliphatic heterocycles. The van der Waals surface area contributed by atoms with Crippen molar-refractivity contribution in [2.45, 2.75) is 69.8 Å². The first kappa shape index (κ1) is 25.5.